The van der Waals surface area contributed by atoms with Gasteiger partial charge < -0.3 is 0 Å². The molecule has 0 amide bonds. The summed E-state index contributed by atoms with van der Waals surface area (Å²) in [5.74, 6) is 8.90. The van der Waals surface area contributed by atoms with Crippen LogP contribution in [0.1, 0.15) is 98.3 Å². The van der Waals surface area contributed by atoms with Gasteiger partial charge in [-0.25, -0.2) is 0 Å². The highest BCUT2D eigenvalue weighted by atomic mass is 16.1. The van der Waals surface area contributed by atoms with Crippen LogP contribution >= 0.6 is 0 Å². The van der Waals surface area contributed by atoms with Gasteiger partial charge in [0.25, 0.3) is 0 Å². The molecule has 0 aliphatic heterocycles. The maximum Gasteiger partial charge on any atom is 0.136 e. The Morgan fingerprint density at radius 3 is 2.36 bits per heavy atom. The predicted octanol–water partition coefficient (Wildman–Crippen LogP) is 6.90. The predicted molar refractivity (Wildman–Crippen MR) is 117 cm³/mol. The number of Topliss-reactive ketones (excluding diaryl/α,β-unsaturated/α-hetero) is 1. The Kier molecular flexibility index (Phi) is 5.48. The van der Waals surface area contributed by atoms with Crippen LogP contribution in [0.5, 0.6) is 0 Å². The summed E-state index contributed by atoms with van der Waals surface area (Å²) in [5, 5.41) is 0. The maximum absolute atomic E-state index is 12.4. The van der Waals surface area contributed by atoms with E-state index in [2.05, 4.69) is 33.1 Å². The molecule has 0 aromatic carbocycles. The fourth-order valence-corrected chi connectivity index (χ4v) is 9.60. The van der Waals surface area contributed by atoms with Crippen LogP contribution in [0.25, 0.3) is 0 Å². The van der Waals surface area contributed by atoms with Crippen molar-refractivity contribution < 1.29 is 4.79 Å². The quantitative estimate of drug-likeness (QED) is 0.416. The van der Waals surface area contributed by atoms with Crippen molar-refractivity contribution >= 4 is 5.78 Å². The monoisotopic (exact) mass is 382 g/mol. The third-order valence-electron chi connectivity index (χ3n) is 10.7. The first-order valence-electron chi connectivity index (χ1n) is 12.3. The molecule has 0 spiro atoms. The van der Waals surface area contributed by atoms with Crippen LogP contribution in [0, 0.1) is 64.6 Å². The van der Waals surface area contributed by atoms with Crippen LogP contribution in [0.15, 0.2) is 0 Å². The average Bonchev–Trinajstić information content (AvgIpc) is 3.15. The van der Waals surface area contributed by atoms with E-state index in [0.717, 1.165) is 36.0 Å². The number of terminal acetylenes is 1. The number of carbonyl (C=O) groups excluding carboxylic acids is 1. The lowest BCUT2D eigenvalue weighted by Gasteiger charge is -2.66. The molecule has 9 atom stereocenters. The van der Waals surface area contributed by atoms with E-state index < -0.39 is 0 Å². The molecule has 5 saturated carbocycles. The van der Waals surface area contributed by atoms with Crippen LogP contribution in [0.3, 0.4) is 0 Å². The molecule has 5 fully saturated rings. The number of hydrogen-bond donors (Lipinski definition) is 0. The second-order valence-electron chi connectivity index (χ2n) is 11.5. The van der Waals surface area contributed by atoms with Crippen molar-refractivity contribution in [3.8, 4) is 12.3 Å². The van der Waals surface area contributed by atoms with Gasteiger partial charge in [-0.3, -0.25) is 4.79 Å². The second-order valence-corrected chi connectivity index (χ2v) is 11.5. The molecule has 1 nitrogen and oxygen atoms in total. The Balaban J connectivity index is 0.000000604. The van der Waals surface area contributed by atoms with Crippen molar-refractivity contribution in [3.05, 3.63) is 0 Å². The van der Waals surface area contributed by atoms with E-state index >= 15 is 0 Å². The minimum absolute atomic E-state index is 0.326. The summed E-state index contributed by atoms with van der Waals surface area (Å²) >= 11 is 0. The van der Waals surface area contributed by atoms with E-state index in [4.69, 9.17) is 0 Å². The van der Waals surface area contributed by atoms with E-state index in [1.807, 2.05) is 0 Å². The molecule has 5 rings (SSSR count). The number of carbonyl (C=O) groups is 1. The Morgan fingerprint density at radius 2 is 1.61 bits per heavy atom. The van der Waals surface area contributed by atoms with Crippen molar-refractivity contribution in [3.63, 3.8) is 0 Å². The van der Waals surface area contributed by atoms with Crippen molar-refractivity contribution in [2.75, 3.05) is 0 Å². The van der Waals surface area contributed by atoms with Crippen LogP contribution in [0.2, 0.25) is 0 Å². The molecule has 1 heteroatoms. The Labute approximate surface area is 173 Å². The minimum atomic E-state index is 0.326. The standard InChI is InChI=1S/C24H38O.C3H4/c1-15-19-11-13-24(3)20-9-7-16-5-4-6-17(16)18(20)8-10-22(24)23(19,2)14-12-21(15)25;1-3-2/h15-20,22H,4-14H2,1-3H3;1H,2H3. The molecule has 28 heavy (non-hydrogen) atoms. The fraction of sp³-hybridized carbons (Fsp3) is 0.889. The van der Waals surface area contributed by atoms with Gasteiger partial charge in [-0.2, -0.15) is 0 Å². The van der Waals surface area contributed by atoms with Gasteiger partial charge in [0, 0.05) is 12.3 Å². The summed E-state index contributed by atoms with van der Waals surface area (Å²) in [6, 6.07) is 0. The van der Waals surface area contributed by atoms with Gasteiger partial charge in [0.2, 0.25) is 0 Å². The lowest BCUT2D eigenvalue weighted by atomic mass is 9.38. The van der Waals surface area contributed by atoms with Crippen molar-refractivity contribution in [2.24, 2.45) is 52.3 Å². The minimum Gasteiger partial charge on any atom is -0.299 e. The third-order valence-corrected chi connectivity index (χ3v) is 10.7. The van der Waals surface area contributed by atoms with Gasteiger partial charge in [0.1, 0.15) is 5.78 Å². The molecule has 0 N–H and O–H groups in total. The van der Waals surface area contributed by atoms with E-state index in [1.54, 1.807) is 6.92 Å². The zero-order valence-electron chi connectivity index (χ0n) is 18.8. The third kappa shape index (κ3) is 2.92. The van der Waals surface area contributed by atoms with Gasteiger partial charge in [-0.15, -0.1) is 12.3 Å². The number of fused-ring (bicyclic) bond motifs is 7. The summed E-state index contributed by atoms with van der Waals surface area (Å²) in [6.45, 7) is 9.21. The van der Waals surface area contributed by atoms with Crippen LogP contribution < -0.4 is 0 Å². The van der Waals surface area contributed by atoms with Gasteiger partial charge in [-0.05, 0) is 105 Å². The van der Waals surface area contributed by atoms with Gasteiger partial charge in [0.15, 0.2) is 0 Å². The zero-order chi connectivity index (χ0) is 20.1. The topological polar surface area (TPSA) is 17.1 Å². The summed E-state index contributed by atoms with van der Waals surface area (Å²) in [5.41, 5.74) is 1.01. The SMILES string of the molecule is C#CC.CC1C(=O)CCC2(C)C1CCC1(C)C3CCC4CCCC4C3CCC21. The summed E-state index contributed by atoms with van der Waals surface area (Å²) < 4.78 is 0. The molecule has 0 bridgehead atoms. The molecule has 5 aliphatic rings. The first-order chi connectivity index (χ1) is 13.4. The van der Waals surface area contributed by atoms with Crippen molar-refractivity contribution in [2.45, 2.75) is 98.3 Å². The smallest absolute Gasteiger partial charge is 0.136 e. The van der Waals surface area contributed by atoms with Crippen LogP contribution in [-0.2, 0) is 4.79 Å². The summed E-state index contributed by atoms with van der Waals surface area (Å²) in [7, 11) is 0. The fourth-order valence-electron chi connectivity index (χ4n) is 9.60. The van der Waals surface area contributed by atoms with Gasteiger partial charge in [-0.1, -0.05) is 33.6 Å². The van der Waals surface area contributed by atoms with E-state index in [-0.39, 0.29) is 0 Å². The van der Waals surface area contributed by atoms with Crippen LogP contribution in [-0.4, -0.2) is 5.78 Å². The van der Waals surface area contributed by atoms with Gasteiger partial charge >= 0.3 is 0 Å². The first kappa shape index (κ1) is 20.5. The number of hydrogen-bond acceptors (Lipinski definition) is 1. The van der Waals surface area contributed by atoms with Crippen molar-refractivity contribution in [1.82, 2.24) is 0 Å². The Hall–Kier alpha value is -0.770. The highest BCUT2D eigenvalue weighted by molar-refractivity contribution is 5.82. The summed E-state index contributed by atoms with van der Waals surface area (Å²) in [6.07, 6.45) is 20.0. The molecule has 0 heterocycles. The van der Waals surface area contributed by atoms with Gasteiger partial charge in [0.05, 0.1) is 0 Å². The lowest BCUT2D eigenvalue weighted by Crippen LogP contribution is -2.60. The molecule has 0 aromatic rings. The highest BCUT2D eigenvalue weighted by Crippen LogP contribution is 2.69. The van der Waals surface area contributed by atoms with Crippen LogP contribution in [0.4, 0.5) is 0 Å². The molecular weight excluding hydrogens is 340 g/mol. The Morgan fingerprint density at radius 1 is 0.893 bits per heavy atom. The highest BCUT2D eigenvalue weighted by Gasteiger charge is 2.62. The Bertz CT molecular complexity index is 643. The number of rotatable bonds is 0. The average molecular weight is 383 g/mol. The molecule has 5 aliphatic carbocycles. The van der Waals surface area contributed by atoms with E-state index in [0.29, 0.717) is 28.4 Å². The molecule has 0 aromatic heterocycles. The zero-order valence-corrected chi connectivity index (χ0v) is 18.8. The van der Waals surface area contributed by atoms with E-state index in [1.165, 1.54) is 64.2 Å². The maximum atomic E-state index is 12.4. The van der Waals surface area contributed by atoms with Crippen molar-refractivity contribution in [1.29, 1.82) is 0 Å². The molecule has 9 unspecified atom stereocenters. The summed E-state index contributed by atoms with van der Waals surface area (Å²) in [4.78, 5) is 12.4. The largest absolute Gasteiger partial charge is 0.299 e. The lowest BCUT2D eigenvalue weighted by molar-refractivity contribution is -0.178. The molecule has 156 valence electrons. The second kappa shape index (κ2) is 7.49. The molecule has 0 radical (unpaired) electrons. The molecule has 0 saturated heterocycles. The van der Waals surface area contributed by atoms with E-state index in [9.17, 15) is 4.79 Å². The number of ketones is 1. The normalized spacial score (nSPS) is 52.1. The first-order valence-corrected chi connectivity index (χ1v) is 12.3. The molecular formula is C27H42O.